The summed E-state index contributed by atoms with van der Waals surface area (Å²) in [5.74, 6) is -2.62. The molecule has 1 aliphatic rings. The third-order valence-corrected chi connectivity index (χ3v) is 7.66. The number of hydrogen-bond acceptors (Lipinski definition) is 5. The van der Waals surface area contributed by atoms with Crippen molar-refractivity contribution in [2.75, 3.05) is 26.2 Å². The molecular weight excluding hydrogens is 451 g/mol. The minimum Gasteiger partial charge on any atom is -0.335 e. The maximum absolute atomic E-state index is 13.9. The summed E-state index contributed by atoms with van der Waals surface area (Å²) in [7, 11) is -4.23. The van der Waals surface area contributed by atoms with Crippen molar-refractivity contribution in [1.82, 2.24) is 14.2 Å². The molecular formula is C20H16F3N3O3S2. The van der Waals surface area contributed by atoms with Crippen LogP contribution in [-0.2, 0) is 10.0 Å². The fourth-order valence-corrected chi connectivity index (χ4v) is 5.50. The lowest BCUT2D eigenvalue weighted by Gasteiger charge is -2.33. The average Bonchev–Trinajstić information content (AvgIpc) is 3.25. The zero-order valence-electron chi connectivity index (χ0n) is 16.0. The van der Waals surface area contributed by atoms with Crippen LogP contribution in [-0.4, -0.2) is 54.7 Å². The number of piperazine rings is 1. The quantitative estimate of drug-likeness (QED) is 0.590. The summed E-state index contributed by atoms with van der Waals surface area (Å²) in [6, 6.07) is 8.00. The molecule has 1 fully saturated rings. The van der Waals surface area contributed by atoms with Gasteiger partial charge < -0.3 is 4.90 Å². The fraction of sp³-hybridized carbons (Fsp3) is 0.200. The number of sulfonamides is 1. The largest absolute Gasteiger partial charge is 0.335 e. The summed E-state index contributed by atoms with van der Waals surface area (Å²) < 4.78 is 66.8. The minimum absolute atomic E-state index is 0.0566. The molecule has 0 aliphatic carbocycles. The highest BCUT2D eigenvalue weighted by atomic mass is 32.2. The van der Waals surface area contributed by atoms with Crippen molar-refractivity contribution in [2.45, 2.75) is 4.90 Å². The van der Waals surface area contributed by atoms with E-state index < -0.39 is 26.6 Å². The van der Waals surface area contributed by atoms with E-state index >= 15 is 0 Å². The lowest BCUT2D eigenvalue weighted by Crippen LogP contribution is -2.50. The Morgan fingerprint density at radius 3 is 2.26 bits per heavy atom. The van der Waals surface area contributed by atoms with Gasteiger partial charge in [0.05, 0.1) is 0 Å². The van der Waals surface area contributed by atoms with E-state index in [4.69, 9.17) is 0 Å². The Morgan fingerprint density at radius 1 is 0.935 bits per heavy atom. The Bertz CT molecular complexity index is 1220. The average molecular weight is 467 g/mol. The van der Waals surface area contributed by atoms with Crippen LogP contribution < -0.4 is 0 Å². The zero-order valence-corrected chi connectivity index (χ0v) is 17.6. The minimum atomic E-state index is -4.23. The second-order valence-electron chi connectivity index (χ2n) is 6.82. The molecule has 1 aromatic heterocycles. The predicted octanol–water partition coefficient (Wildman–Crippen LogP) is 3.37. The standard InChI is InChI=1S/C20H16F3N3O3S2/c21-14-3-1-13(2-4-14)19-24-17(12-30-19)20(27)25-7-9-26(10-8-25)31(28,29)18-11-15(22)5-6-16(18)23/h1-6,11-12H,7-10H2. The van der Waals surface area contributed by atoms with Crippen molar-refractivity contribution in [3.63, 3.8) is 0 Å². The number of rotatable bonds is 4. The predicted molar refractivity (Wildman–Crippen MR) is 109 cm³/mol. The van der Waals surface area contributed by atoms with Crippen LogP contribution >= 0.6 is 11.3 Å². The van der Waals surface area contributed by atoms with Gasteiger partial charge in [0.2, 0.25) is 10.0 Å². The Morgan fingerprint density at radius 2 is 1.58 bits per heavy atom. The van der Waals surface area contributed by atoms with E-state index in [0.717, 1.165) is 16.4 Å². The van der Waals surface area contributed by atoms with E-state index in [1.165, 1.54) is 28.4 Å². The molecule has 2 aromatic carbocycles. The van der Waals surface area contributed by atoms with Crippen molar-refractivity contribution in [2.24, 2.45) is 0 Å². The summed E-state index contributed by atoms with van der Waals surface area (Å²) in [6.45, 7) is 0.0504. The molecule has 0 radical (unpaired) electrons. The van der Waals surface area contributed by atoms with Crippen LogP contribution in [0.1, 0.15) is 10.5 Å². The summed E-state index contributed by atoms with van der Waals surface area (Å²) in [5, 5.41) is 2.15. The first-order valence-corrected chi connectivity index (χ1v) is 11.5. The van der Waals surface area contributed by atoms with E-state index in [9.17, 15) is 26.4 Å². The van der Waals surface area contributed by atoms with Gasteiger partial charge in [-0.1, -0.05) is 0 Å². The fourth-order valence-electron chi connectivity index (χ4n) is 3.20. The SMILES string of the molecule is O=C(c1csc(-c2ccc(F)cc2)n1)N1CCN(S(=O)(=O)c2cc(F)ccc2F)CC1. The van der Waals surface area contributed by atoms with Gasteiger partial charge in [-0.05, 0) is 42.5 Å². The lowest BCUT2D eigenvalue weighted by atomic mass is 10.2. The number of benzene rings is 2. The first kappa shape index (κ1) is 21.5. The normalized spacial score (nSPS) is 15.3. The molecule has 4 rings (SSSR count). The molecule has 3 aromatic rings. The number of thiazole rings is 1. The second kappa shape index (κ2) is 8.40. The van der Waals surface area contributed by atoms with Gasteiger partial charge in [-0.3, -0.25) is 4.79 Å². The molecule has 1 saturated heterocycles. The third kappa shape index (κ3) is 4.34. The maximum Gasteiger partial charge on any atom is 0.273 e. The summed E-state index contributed by atoms with van der Waals surface area (Å²) in [4.78, 5) is 17.8. The smallest absolute Gasteiger partial charge is 0.273 e. The van der Waals surface area contributed by atoms with Crippen LogP contribution in [0.15, 0.2) is 52.7 Å². The first-order valence-electron chi connectivity index (χ1n) is 9.21. The molecule has 0 spiro atoms. The number of amides is 1. The number of nitrogens with zero attached hydrogens (tertiary/aromatic N) is 3. The number of carbonyl (C=O) groups is 1. The highest BCUT2D eigenvalue weighted by Gasteiger charge is 2.33. The van der Waals surface area contributed by atoms with Crippen LogP contribution in [0.25, 0.3) is 10.6 Å². The monoisotopic (exact) mass is 467 g/mol. The van der Waals surface area contributed by atoms with Crippen molar-refractivity contribution >= 4 is 27.3 Å². The molecule has 0 unspecified atom stereocenters. The van der Waals surface area contributed by atoms with Crippen molar-refractivity contribution < 1.29 is 26.4 Å². The first-order chi connectivity index (χ1) is 14.8. The highest BCUT2D eigenvalue weighted by Crippen LogP contribution is 2.26. The zero-order chi connectivity index (χ0) is 22.2. The van der Waals surface area contributed by atoms with Gasteiger partial charge in [0.1, 0.15) is 33.0 Å². The topological polar surface area (TPSA) is 70.6 Å². The lowest BCUT2D eigenvalue weighted by molar-refractivity contribution is 0.0692. The number of aromatic nitrogens is 1. The summed E-state index contributed by atoms with van der Waals surface area (Å²) >= 11 is 1.24. The van der Waals surface area contributed by atoms with Crippen molar-refractivity contribution in [3.05, 3.63) is 71.0 Å². The van der Waals surface area contributed by atoms with E-state index in [2.05, 4.69) is 4.98 Å². The van der Waals surface area contributed by atoms with E-state index in [1.54, 1.807) is 17.5 Å². The van der Waals surface area contributed by atoms with Gasteiger partial charge in [-0.2, -0.15) is 4.31 Å². The van der Waals surface area contributed by atoms with Crippen LogP contribution in [0.2, 0.25) is 0 Å². The molecule has 11 heteroatoms. The highest BCUT2D eigenvalue weighted by molar-refractivity contribution is 7.89. The van der Waals surface area contributed by atoms with Crippen LogP contribution in [0.3, 0.4) is 0 Å². The van der Waals surface area contributed by atoms with Gasteiger partial charge in [0.25, 0.3) is 5.91 Å². The van der Waals surface area contributed by atoms with Gasteiger partial charge in [-0.25, -0.2) is 26.6 Å². The third-order valence-electron chi connectivity index (χ3n) is 4.85. The summed E-state index contributed by atoms with van der Waals surface area (Å²) in [5.41, 5.74) is 0.885. The van der Waals surface area contributed by atoms with Gasteiger partial charge in [0.15, 0.2) is 0 Å². The molecule has 0 saturated carbocycles. The van der Waals surface area contributed by atoms with Gasteiger partial charge in [0, 0.05) is 37.1 Å². The summed E-state index contributed by atoms with van der Waals surface area (Å²) in [6.07, 6.45) is 0. The van der Waals surface area contributed by atoms with Crippen LogP contribution in [0, 0.1) is 17.5 Å². The molecule has 162 valence electrons. The van der Waals surface area contributed by atoms with E-state index in [1.807, 2.05) is 0 Å². The Balaban J connectivity index is 1.45. The van der Waals surface area contributed by atoms with Crippen LogP contribution in [0.5, 0.6) is 0 Å². The van der Waals surface area contributed by atoms with Gasteiger partial charge in [-0.15, -0.1) is 11.3 Å². The molecule has 1 amide bonds. The van der Waals surface area contributed by atoms with E-state index in [0.29, 0.717) is 16.6 Å². The van der Waals surface area contributed by atoms with Gasteiger partial charge >= 0.3 is 0 Å². The number of hydrogen-bond donors (Lipinski definition) is 0. The molecule has 0 bridgehead atoms. The molecule has 2 heterocycles. The van der Waals surface area contributed by atoms with Crippen molar-refractivity contribution in [3.8, 4) is 10.6 Å². The molecule has 31 heavy (non-hydrogen) atoms. The molecule has 0 atom stereocenters. The number of carbonyl (C=O) groups excluding carboxylic acids is 1. The Labute approximate surface area is 180 Å². The molecule has 6 nitrogen and oxygen atoms in total. The second-order valence-corrected chi connectivity index (χ2v) is 9.58. The molecule has 1 aliphatic heterocycles. The van der Waals surface area contributed by atoms with E-state index in [-0.39, 0.29) is 43.6 Å². The maximum atomic E-state index is 13.9. The van der Waals surface area contributed by atoms with Crippen molar-refractivity contribution in [1.29, 1.82) is 0 Å². The number of halogens is 3. The van der Waals surface area contributed by atoms with Crippen LogP contribution in [0.4, 0.5) is 13.2 Å². The Hall–Kier alpha value is -2.76. The Kier molecular flexibility index (Phi) is 5.82. The molecule has 0 N–H and O–H groups in total.